The first-order chi connectivity index (χ1) is 22.2. The zero-order valence-electron chi connectivity index (χ0n) is 25.3. The van der Waals surface area contributed by atoms with Crippen molar-refractivity contribution < 1.29 is 24.6 Å². The van der Waals surface area contributed by atoms with Gasteiger partial charge in [-0.2, -0.15) is 0 Å². The summed E-state index contributed by atoms with van der Waals surface area (Å²) in [6.07, 6.45) is 2.99. The third-order valence-corrected chi connectivity index (χ3v) is 11.9. The molecule has 7 nitrogen and oxygen atoms in total. The van der Waals surface area contributed by atoms with Crippen molar-refractivity contribution in [3.05, 3.63) is 77.4 Å². The second-order valence-electron chi connectivity index (χ2n) is 13.8. The van der Waals surface area contributed by atoms with Crippen molar-refractivity contribution in [1.29, 1.82) is 0 Å². The second kappa shape index (κ2) is 10.6. The van der Waals surface area contributed by atoms with Gasteiger partial charge in [0.2, 0.25) is 11.8 Å². The summed E-state index contributed by atoms with van der Waals surface area (Å²) < 4.78 is 0. The van der Waals surface area contributed by atoms with Crippen LogP contribution in [0.1, 0.15) is 60.6 Å². The lowest BCUT2D eigenvalue weighted by atomic mass is 9.44. The molecule has 2 atom stereocenters. The number of carbonyl (C=O) groups is 3. The monoisotopic (exact) mass is 656 g/mol. The summed E-state index contributed by atoms with van der Waals surface area (Å²) in [4.78, 5) is 44.6. The zero-order valence-corrected chi connectivity index (χ0v) is 26.8. The van der Waals surface area contributed by atoms with Crippen LogP contribution in [0, 0.1) is 10.8 Å². The van der Waals surface area contributed by atoms with Crippen LogP contribution < -0.4 is 9.80 Å². The summed E-state index contributed by atoms with van der Waals surface area (Å²) in [6.45, 7) is 0.883. The number of aliphatic carboxylic acids is 1. The lowest BCUT2D eigenvalue weighted by Crippen LogP contribution is -2.63. The summed E-state index contributed by atoms with van der Waals surface area (Å²) in [5.74, 6) is -0.212. The van der Waals surface area contributed by atoms with Crippen LogP contribution in [0.2, 0.25) is 0 Å². The Bertz CT molecular complexity index is 1970. The van der Waals surface area contributed by atoms with Gasteiger partial charge in [-0.15, -0.1) is 23.2 Å². The zero-order chi connectivity index (χ0) is 32.0. The quantitative estimate of drug-likeness (QED) is 0.212. The topological polar surface area (TPSA) is 98.2 Å². The average molecular weight is 658 g/mol. The Morgan fingerprint density at radius 3 is 1.74 bits per heavy atom. The second-order valence-corrected chi connectivity index (χ2v) is 14.4. The van der Waals surface area contributed by atoms with Crippen molar-refractivity contribution in [2.45, 2.75) is 50.4 Å². The van der Waals surface area contributed by atoms with Crippen LogP contribution in [-0.4, -0.2) is 52.8 Å². The fourth-order valence-electron chi connectivity index (χ4n) is 9.34. The smallest absolute Gasteiger partial charge is 0.307 e. The van der Waals surface area contributed by atoms with E-state index in [0.717, 1.165) is 44.8 Å². The van der Waals surface area contributed by atoms with Crippen molar-refractivity contribution in [2.75, 3.05) is 34.6 Å². The molecule has 4 aromatic rings. The number of fused-ring (bicyclic) bond motifs is 8. The van der Waals surface area contributed by atoms with Crippen LogP contribution in [0.15, 0.2) is 60.7 Å². The van der Waals surface area contributed by atoms with E-state index in [1.165, 1.54) is 0 Å². The molecule has 3 aliphatic carbocycles. The first kappa shape index (κ1) is 29.6. The minimum atomic E-state index is -0.927. The maximum atomic E-state index is 14.6. The number of rotatable bonds is 6. The fraction of sp³-hybridized carbons (Fsp3) is 0.378. The van der Waals surface area contributed by atoms with Crippen LogP contribution in [-0.2, 0) is 20.8 Å². The van der Waals surface area contributed by atoms with Crippen molar-refractivity contribution in [3.8, 4) is 5.75 Å². The summed E-state index contributed by atoms with van der Waals surface area (Å²) in [5, 5.41) is 24.0. The number of phenolic OH excluding ortho intramolecular Hbond substituents is 1. The van der Waals surface area contributed by atoms with E-state index < -0.39 is 16.8 Å². The molecule has 2 heterocycles. The Hall–Kier alpha value is -3.81. The maximum absolute atomic E-state index is 14.6. The number of anilines is 2. The third-order valence-electron chi connectivity index (χ3n) is 11.2. The number of hydrogen-bond acceptors (Lipinski definition) is 4. The molecule has 3 saturated carbocycles. The number of carboxylic acid groups (broad SMARTS) is 1. The lowest BCUT2D eigenvalue weighted by Gasteiger charge is -2.59. The molecule has 236 valence electrons. The minimum absolute atomic E-state index is 0.00476. The van der Waals surface area contributed by atoms with E-state index in [1.54, 1.807) is 6.07 Å². The Morgan fingerprint density at radius 2 is 1.22 bits per heavy atom. The number of carbonyl (C=O) groups excluding carboxylic acids is 2. The highest BCUT2D eigenvalue weighted by Crippen LogP contribution is 2.66. The number of alkyl halides is 2. The molecule has 46 heavy (non-hydrogen) atoms. The Labute approximate surface area is 276 Å². The van der Waals surface area contributed by atoms with E-state index in [4.69, 9.17) is 23.2 Å². The summed E-state index contributed by atoms with van der Waals surface area (Å²) in [5.41, 5.74) is 2.81. The molecule has 0 aromatic heterocycles. The molecule has 9 rings (SSSR count). The van der Waals surface area contributed by atoms with Gasteiger partial charge < -0.3 is 20.0 Å². The first-order valence-corrected chi connectivity index (χ1v) is 17.0. The first-order valence-electron chi connectivity index (χ1n) is 16.0. The molecule has 0 saturated heterocycles. The number of nitrogens with zero attached hydrogens (tertiary/aromatic N) is 2. The molecule has 2 bridgehead atoms. The summed E-state index contributed by atoms with van der Waals surface area (Å²) >= 11 is 13.0. The van der Waals surface area contributed by atoms with E-state index in [9.17, 15) is 24.6 Å². The van der Waals surface area contributed by atoms with Gasteiger partial charge in [-0.1, -0.05) is 55.0 Å². The molecule has 0 radical (unpaired) electrons. The highest BCUT2D eigenvalue weighted by atomic mass is 35.5. The number of amides is 2. The summed E-state index contributed by atoms with van der Waals surface area (Å²) in [7, 11) is 0. The predicted octanol–water partition coefficient (Wildman–Crippen LogP) is 7.31. The molecular weight excluding hydrogens is 623 g/mol. The number of phenols is 1. The van der Waals surface area contributed by atoms with E-state index in [-0.39, 0.29) is 35.8 Å². The third kappa shape index (κ3) is 4.13. The van der Waals surface area contributed by atoms with Gasteiger partial charge in [-0.05, 0) is 64.6 Å². The van der Waals surface area contributed by atoms with Gasteiger partial charge in [0, 0.05) is 53.8 Å². The van der Waals surface area contributed by atoms with Gasteiger partial charge in [-0.25, -0.2) is 0 Å². The number of benzene rings is 4. The van der Waals surface area contributed by atoms with E-state index in [0.29, 0.717) is 61.8 Å². The fourth-order valence-corrected chi connectivity index (χ4v) is 9.85. The largest absolute Gasteiger partial charge is 0.507 e. The van der Waals surface area contributed by atoms with Gasteiger partial charge in [0.1, 0.15) is 5.75 Å². The van der Waals surface area contributed by atoms with Crippen LogP contribution >= 0.6 is 23.2 Å². The van der Waals surface area contributed by atoms with Gasteiger partial charge in [0.25, 0.3) is 0 Å². The SMILES string of the molecule is O=C(O)Cc1cc2c(c3ccccc13)C(CCl)CN2C(=O)C12CCCC(C(=O)N3C[C@@H](CCl)c4c3cc(O)c3ccccc43)(C1)C2. The summed E-state index contributed by atoms with van der Waals surface area (Å²) in [6, 6.07) is 19.0. The van der Waals surface area contributed by atoms with E-state index in [1.807, 2.05) is 64.4 Å². The molecule has 2 amide bonds. The number of carboxylic acids is 1. The normalized spacial score (nSPS) is 26.2. The van der Waals surface area contributed by atoms with Crippen LogP contribution in [0.25, 0.3) is 21.5 Å². The number of hydrogen-bond donors (Lipinski definition) is 2. The van der Waals surface area contributed by atoms with Crippen LogP contribution in [0.5, 0.6) is 5.75 Å². The Morgan fingerprint density at radius 1 is 0.739 bits per heavy atom. The van der Waals surface area contributed by atoms with Crippen molar-refractivity contribution >= 4 is 73.9 Å². The lowest BCUT2D eigenvalue weighted by molar-refractivity contribution is -0.165. The maximum Gasteiger partial charge on any atom is 0.307 e. The molecule has 0 spiro atoms. The molecule has 2 aliphatic heterocycles. The predicted molar refractivity (Wildman–Crippen MR) is 180 cm³/mol. The minimum Gasteiger partial charge on any atom is -0.507 e. The number of aromatic hydroxyl groups is 1. The van der Waals surface area contributed by atoms with Crippen LogP contribution in [0.4, 0.5) is 11.4 Å². The molecule has 3 fully saturated rings. The van der Waals surface area contributed by atoms with E-state index >= 15 is 0 Å². The highest BCUT2D eigenvalue weighted by molar-refractivity contribution is 6.20. The van der Waals surface area contributed by atoms with Gasteiger partial charge in [-0.3, -0.25) is 14.4 Å². The van der Waals surface area contributed by atoms with Crippen molar-refractivity contribution in [2.24, 2.45) is 10.8 Å². The van der Waals surface area contributed by atoms with Gasteiger partial charge >= 0.3 is 5.97 Å². The van der Waals surface area contributed by atoms with Gasteiger partial charge in [0.15, 0.2) is 0 Å². The molecule has 9 heteroatoms. The van der Waals surface area contributed by atoms with Gasteiger partial charge in [0.05, 0.1) is 22.9 Å². The van der Waals surface area contributed by atoms with Crippen LogP contribution in [0.3, 0.4) is 0 Å². The molecule has 5 aliphatic rings. The molecule has 1 unspecified atom stereocenters. The van der Waals surface area contributed by atoms with Crippen molar-refractivity contribution in [1.82, 2.24) is 0 Å². The molecular formula is C37H34Cl2N2O5. The standard InChI is InChI=1S/C37H34Cl2N2O5/c38-15-22-17-40(28-12-21(13-31(43)44)24-6-1-3-8-26(24)32(22)28)34(45)36-10-5-11-37(19-36,20-36)35(46)41-18-23(16-39)33-27-9-4-2-7-25(27)30(42)14-29(33)41/h1-4,6-9,12,14,22-23,42H,5,10-11,13,15-20H2,(H,43,44)/t22?,23-,36?,37?/m1/s1. The average Bonchev–Trinajstić information content (AvgIpc) is 3.62. The Kier molecular flexibility index (Phi) is 6.82. The van der Waals surface area contributed by atoms with E-state index in [2.05, 4.69) is 0 Å². The van der Waals surface area contributed by atoms with Crippen molar-refractivity contribution in [3.63, 3.8) is 0 Å². The highest BCUT2D eigenvalue weighted by Gasteiger charge is 2.66. The molecule has 4 aromatic carbocycles. The number of halogens is 2. The Balaban J connectivity index is 1.13. The molecule has 2 N–H and O–H groups in total.